The molecule has 6 nitrogen and oxygen atoms in total. The molecule has 4 heterocycles. The highest BCUT2D eigenvalue weighted by Gasteiger charge is 2.24. The summed E-state index contributed by atoms with van der Waals surface area (Å²) < 4.78 is 9.48. The van der Waals surface area contributed by atoms with Crippen LogP contribution in [0.2, 0.25) is 0 Å². The van der Waals surface area contributed by atoms with Gasteiger partial charge in [0.15, 0.2) is 11.6 Å². The minimum atomic E-state index is 0.779. The Morgan fingerprint density at radius 1 is 0.274 bits per heavy atom. The first kappa shape index (κ1) is 34.4. The summed E-state index contributed by atoms with van der Waals surface area (Å²) in [4.78, 5) is 0. The number of benzene rings is 9. The quantitative estimate of drug-likeness (QED) is 0.168. The molecular formula is C56H36N6. The van der Waals surface area contributed by atoms with Crippen molar-refractivity contribution in [1.82, 2.24) is 28.5 Å². The Balaban J connectivity index is 1.08. The summed E-state index contributed by atoms with van der Waals surface area (Å²) in [5.41, 5.74) is 13.2. The van der Waals surface area contributed by atoms with Gasteiger partial charge in [0.25, 0.3) is 0 Å². The third-order valence-corrected chi connectivity index (χ3v) is 12.5. The fourth-order valence-corrected chi connectivity index (χ4v) is 9.92. The van der Waals surface area contributed by atoms with Crippen LogP contribution in [0.3, 0.4) is 0 Å². The summed E-state index contributed by atoms with van der Waals surface area (Å²) in [5.74, 6) is 1.57. The van der Waals surface area contributed by atoms with Crippen molar-refractivity contribution >= 4 is 65.4 Å². The van der Waals surface area contributed by atoms with E-state index in [4.69, 9.17) is 10.2 Å². The molecule has 0 aliphatic rings. The Morgan fingerprint density at radius 3 is 1.42 bits per heavy atom. The Hall–Kier alpha value is -8.48. The lowest BCUT2D eigenvalue weighted by molar-refractivity contribution is 1.07. The predicted molar refractivity (Wildman–Crippen MR) is 255 cm³/mol. The van der Waals surface area contributed by atoms with Gasteiger partial charge in [-0.15, -0.1) is 10.2 Å². The Bertz CT molecular complexity index is 3850. The summed E-state index contributed by atoms with van der Waals surface area (Å²) in [6, 6.07) is 78.0. The second-order valence-electron chi connectivity index (χ2n) is 15.9. The van der Waals surface area contributed by atoms with Crippen LogP contribution in [-0.2, 0) is 0 Å². The lowest BCUT2D eigenvalue weighted by Crippen LogP contribution is -2.02. The molecule has 0 bridgehead atoms. The Kier molecular flexibility index (Phi) is 7.50. The maximum Gasteiger partial charge on any atom is 0.171 e. The molecule has 13 rings (SSSR count). The van der Waals surface area contributed by atoms with E-state index in [1.165, 1.54) is 38.0 Å². The average molecular weight is 793 g/mol. The van der Waals surface area contributed by atoms with Crippen molar-refractivity contribution in [2.45, 2.75) is 0 Å². The molecule has 290 valence electrons. The van der Waals surface area contributed by atoms with E-state index in [0.717, 1.165) is 73.0 Å². The molecule has 0 spiro atoms. The van der Waals surface area contributed by atoms with Crippen LogP contribution in [0.4, 0.5) is 0 Å². The molecule has 0 radical (unpaired) electrons. The zero-order valence-corrected chi connectivity index (χ0v) is 33.5. The Morgan fingerprint density at radius 2 is 0.742 bits per heavy atom. The number of hydrogen-bond acceptors (Lipinski definition) is 2. The molecule has 4 aromatic heterocycles. The third-order valence-electron chi connectivity index (χ3n) is 12.5. The second kappa shape index (κ2) is 13.5. The molecule has 13 aromatic rings. The highest BCUT2D eigenvalue weighted by atomic mass is 15.3. The standard InChI is InChI=1S/C56H36N6/c1-4-18-37(19-5-1)55-57-58-56(62(55)39-22-8-3-9-23-39)47-30-17-29-44-42-26-10-14-32-49(42)61(53(44)47)41-25-16-24-40(36-41)59-50-33-15-12-28-46(50)52-51(59)35-34-45-43-27-11-13-31-48(43)60(54(45)52)38-20-6-2-7-21-38/h1-36H. The Labute approximate surface area is 356 Å². The van der Waals surface area contributed by atoms with E-state index in [1.54, 1.807) is 0 Å². The first-order valence-electron chi connectivity index (χ1n) is 21.0. The van der Waals surface area contributed by atoms with Gasteiger partial charge in [-0.05, 0) is 72.8 Å². The first-order chi connectivity index (χ1) is 30.8. The van der Waals surface area contributed by atoms with Crippen molar-refractivity contribution in [3.05, 3.63) is 218 Å². The summed E-state index contributed by atoms with van der Waals surface area (Å²) in [6.07, 6.45) is 0. The van der Waals surface area contributed by atoms with Gasteiger partial charge in [-0.2, -0.15) is 0 Å². The van der Waals surface area contributed by atoms with Crippen molar-refractivity contribution < 1.29 is 0 Å². The number of para-hydroxylation sites is 6. The van der Waals surface area contributed by atoms with Crippen LogP contribution in [0.5, 0.6) is 0 Å². The monoisotopic (exact) mass is 792 g/mol. The molecule has 6 heteroatoms. The number of hydrogen-bond donors (Lipinski definition) is 0. The molecule has 0 amide bonds. The molecular weight excluding hydrogens is 757 g/mol. The van der Waals surface area contributed by atoms with Gasteiger partial charge in [0.05, 0.1) is 33.1 Å². The molecule has 0 aliphatic carbocycles. The van der Waals surface area contributed by atoms with Gasteiger partial charge in [-0.1, -0.05) is 146 Å². The molecule has 62 heavy (non-hydrogen) atoms. The fourth-order valence-electron chi connectivity index (χ4n) is 9.92. The summed E-state index contributed by atoms with van der Waals surface area (Å²) >= 11 is 0. The summed E-state index contributed by atoms with van der Waals surface area (Å²) in [7, 11) is 0. The van der Waals surface area contributed by atoms with E-state index in [2.05, 4.69) is 212 Å². The van der Waals surface area contributed by atoms with Gasteiger partial charge < -0.3 is 13.7 Å². The highest BCUT2D eigenvalue weighted by molar-refractivity contribution is 6.26. The first-order valence-corrected chi connectivity index (χ1v) is 21.0. The van der Waals surface area contributed by atoms with Crippen LogP contribution in [-0.4, -0.2) is 28.5 Å². The normalized spacial score (nSPS) is 11.9. The van der Waals surface area contributed by atoms with E-state index in [1.807, 2.05) is 24.3 Å². The molecule has 0 aliphatic heterocycles. The van der Waals surface area contributed by atoms with Crippen LogP contribution in [0.1, 0.15) is 0 Å². The summed E-state index contributed by atoms with van der Waals surface area (Å²) in [5, 5.41) is 17.1. The molecule has 0 saturated heterocycles. The van der Waals surface area contributed by atoms with Crippen molar-refractivity contribution in [2.24, 2.45) is 0 Å². The lowest BCUT2D eigenvalue weighted by Gasteiger charge is -2.15. The smallest absolute Gasteiger partial charge is 0.171 e. The van der Waals surface area contributed by atoms with Crippen LogP contribution in [0.25, 0.3) is 111 Å². The number of nitrogens with zero attached hydrogens (tertiary/aromatic N) is 6. The molecule has 0 unspecified atom stereocenters. The van der Waals surface area contributed by atoms with Gasteiger partial charge in [-0.3, -0.25) is 4.57 Å². The minimum absolute atomic E-state index is 0.779. The van der Waals surface area contributed by atoms with Crippen LogP contribution >= 0.6 is 0 Å². The molecule has 0 atom stereocenters. The van der Waals surface area contributed by atoms with E-state index >= 15 is 0 Å². The van der Waals surface area contributed by atoms with Crippen molar-refractivity contribution in [2.75, 3.05) is 0 Å². The fraction of sp³-hybridized carbons (Fsp3) is 0. The van der Waals surface area contributed by atoms with E-state index < -0.39 is 0 Å². The van der Waals surface area contributed by atoms with Gasteiger partial charge in [0, 0.05) is 66.2 Å². The largest absolute Gasteiger partial charge is 0.309 e. The molecule has 0 saturated carbocycles. The third kappa shape index (κ3) is 4.98. The average Bonchev–Trinajstić information content (AvgIpc) is 4.11. The van der Waals surface area contributed by atoms with Gasteiger partial charge in [0.1, 0.15) is 0 Å². The van der Waals surface area contributed by atoms with E-state index in [-0.39, 0.29) is 0 Å². The number of rotatable bonds is 6. The van der Waals surface area contributed by atoms with Gasteiger partial charge in [-0.25, -0.2) is 0 Å². The number of aromatic nitrogens is 6. The van der Waals surface area contributed by atoms with E-state index in [9.17, 15) is 0 Å². The van der Waals surface area contributed by atoms with E-state index in [0.29, 0.717) is 0 Å². The van der Waals surface area contributed by atoms with Crippen molar-refractivity contribution in [3.8, 4) is 45.5 Å². The van der Waals surface area contributed by atoms with Gasteiger partial charge >= 0.3 is 0 Å². The van der Waals surface area contributed by atoms with Crippen LogP contribution in [0, 0.1) is 0 Å². The maximum absolute atomic E-state index is 4.98. The molecule has 9 aromatic carbocycles. The topological polar surface area (TPSA) is 45.5 Å². The zero-order chi connectivity index (χ0) is 40.7. The molecule has 0 N–H and O–H groups in total. The lowest BCUT2D eigenvalue weighted by atomic mass is 10.1. The van der Waals surface area contributed by atoms with Crippen LogP contribution < -0.4 is 0 Å². The SMILES string of the molecule is c1ccc(-c2nnc(-c3cccc4c5ccccc5n(-c5cccc(-n6c7ccccc7c7c6ccc6c8ccccc8n(-c8ccccc8)c67)c5)c34)n2-c2ccccc2)cc1. The summed E-state index contributed by atoms with van der Waals surface area (Å²) in [6.45, 7) is 0. The van der Waals surface area contributed by atoms with Crippen molar-refractivity contribution in [1.29, 1.82) is 0 Å². The maximum atomic E-state index is 4.98. The van der Waals surface area contributed by atoms with Crippen LogP contribution in [0.15, 0.2) is 218 Å². The number of fused-ring (bicyclic) bond motifs is 10. The highest BCUT2D eigenvalue weighted by Crippen LogP contribution is 2.43. The van der Waals surface area contributed by atoms with Gasteiger partial charge in [0.2, 0.25) is 0 Å². The minimum Gasteiger partial charge on any atom is -0.309 e. The van der Waals surface area contributed by atoms with Crippen molar-refractivity contribution in [3.63, 3.8) is 0 Å². The predicted octanol–water partition coefficient (Wildman–Crippen LogP) is 13.9. The zero-order valence-electron chi connectivity index (χ0n) is 33.5. The second-order valence-corrected chi connectivity index (χ2v) is 15.9. The molecule has 0 fully saturated rings.